The summed E-state index contributed by atoms with van der Waals surface area (Å²) in [5.74, 6) is -0.121. The summed E-state index contributed by atoms with van der Waals surface area (Å²) in [6, 6.07) is 21.1. The van der Waals surface area contributed by atoms with E-state index in [1.807, 2.05) is 73.7 Å². The first-order valence-corrected chi connectivity index (χ1v) is 12.5. The maximum Gasteiger partial charge on any atom is 0.336 e. The Labute approximate surface area is 223 Å². The van der Waals surface area contributed by atoms with Crippen molar-refractivity contribution in [2.24, 2.45) is 0 Å². The number of ether oxygens (including phenoxy) is 3. The molecule has 0 amide bonds. The molecule has 0 saturated carbocycles. The Morgan fingerprint density at radius 1 is 0.972 bits per heavy atom. The van der Waals surface area contributed by atoms with Crippen molar-refractivity contribution in [3.05, 3.63) is 109 Å². The van der Waals surface area contributed by atoms with Crippen LogP contribution in [0, 0.1) is 3.57 Å². The standard InChI is InChI=1S/C29H24INO5/c1-16-24(29(33)35-3)25(26-27(31-16)20-6-4-5-7-21(20)28(26)32)18-10-13-22(23(14-18)34-2)36-15-17-8-11-19(30)12-9-17/h4-14,25,31H,15H2,1-3H3/t25-/m0/s1. The van der Waals surface area contributed by atoms with Crippen LogP contribution in [0.15, 0.2) is 83.6 Å². The fourth-order valence-electron chi connectivity index (χ4n) is 4.77. The molecule has 5 rings (SSSR count). The van der Waals surface area contributed by atoms with E-state index in [0.717, 1.165) is 26.0 Å². The molecule has 0 unspecified atom stereocenters. The van der Waals surface area contributed by atoms with Crippen LogP contribution < -0.4 is 14.8 Å². The number of nitrogens with one attached hydrogen (secondary N) is 1. The highest BCUT2D eigenvalue weighted by molar-refractivity contribution is 14.1. The Morgan fingerprint density at radius 3 is 2.39 bits per heavy atom. The minimum absolute atomic E-state index is 0.106. The number of carbonyl (C=O) groups is 2. The molecule has 6 nitrogen and oxygen atoms in total. The summed E-state index contributed by atoms with van der Waals surface area (Å²) in [5.41, 5.74) is 5.51. The molecule has 1 atom stereocenters. The van der Waals surface area contributed by atoms with Crippen molar-refractivity contribution in [2.75, 3.05) is 14.2 Å². The summed E-state index contributed by atoms with van der Waals surface area (Å²) in [5, 5.41) is 3.29. The number of fused-ring (bicyclic) bond motifs is 2. The Kier molecular flexibility index (Phi) is 6.57. The highest BCUT2D eigenvalue weighted by Crippen LogP contribution is 2.47. The van der Waals surface area contributed by atoms with Crippen LogP contribution >= 0.6 is 22.6 Å². The summed E-state index contributed by atoms with van der Waals surface area (Å²) in [7, 11) is 2.92. The van der Waals surface area contributed by atoms with Gasteiger partial charge >= 0.3 is 5.97 Å². The van der Waals surface area contributed by atoms with Crippen LogP contribution in [-0.4, -0.2) is 26.0 Å². The number of dihydropyridines is 1. The third kappa shape index (κ3) is 4.17. The van der Waals surface area contributed by atoms with Gasteiger partial charge in [-0.15, -0.1) is 0 Å². The molecule has 7 heteroatoms. The second kappa shape index (κ2) is 9.81. The van der Waals surface area contributed by atoms with Gasteiger partial charge in [0, 0.05) is 31.9 Å². The van der Waals surface area contributed by atoms with E-state index in [2.05, 4.69) is 27.9 Å². The molecule has 0 radical (unpaired) electrons. The molecule has 1 N–H and O–H groups in total. The van der Waals surface area contributed by atoms with Crippen LogP contribution in [0.2, 0.25) is 0 Å². The van der Waals surface area contributed by atoms with E-state index < -0.39 is 11.9 Å². The van der Waals surface area contributed by atoms with Gasteiger partial charge in [0.05, 0.1) is 25.5 Å². The van der Waals surface area contributed by atoms with Crippen molar-refractivity contribution in [2.45, 2.75) is 19.4 Å². The molecular weight excluding hydrogens is 569 g/mol. The summed E-state index contributed by atoms with van der Waals surface area (Å²) < 4.78 is 18.0. The highest BCUT2D eigenvalue weighted by Gasteiger charge is 2.43. The van der Waals surface area contributed by atoms with Crippen molar-refractivity contribution in [1.29, 1.82) is 0 Å². The van der Waals surface area contributed by atoms with Crippen LogP contribution in [-0.2, 0) is 16.1 Å². The number of hydrogen-bond donors (Lipinski definition) is 1. The van der Waals surface area contributed by atoms with Crippen LogP contribution in [0.5, 0.6) is 11.5 Å². The lowest BCUT2D eigenvalue weighted by Crippen LogP contribution is -2.29. The molecule has 182 valence electrons. The molecule has 0 fully saturated rings. The van der Waals surface area contributed by atoms with Gasteiger partial charge in [0.1, 0.15) is 6.61 Å². The van der Waals surface area contributed by atoms with Gasteiger partial charge in [-0.25, -0.2) is 4.79 Å². The highest BCUT2D eigenvalue weighted by atomic mass is 127. The fourth-order valence-corrected chi connectivity index (χ4v) is 5.13. The monoisotopic (exact) mass is 593 g/mol. The Hall–Kier alpha value is -3.59. The SMILES string of the molecule is COC(=O)C1=C(C)NC2=C(C(=O)c3ccccc32)[C@H]1c1ccc(OCc2ccc(I)cc2)c(OC)c1. The minimum Gasteiger partial charge on any atom is -0.493 e. The summed E-state index contributed by atoms with van der Waals surface area (Å²) in [6.45, 7) is 2.21. The van der Waals surface area contributed by atoms with Gasteiger partial charge in [-0.1, -0.05) is 42.5 Å². The predicted molar refractivity (Wildman–Crippen MR) is 145 cm³/mol. The first kappa shape index (κ1) is 24.1. The molecule has 1 heterocycles. The van der Waals surface area contributed by atoms with Crippen molar-refractivity contribution in [3.8, 4) is 11.5 Å². The van der Waals surface area contributed by atoms with Gasteiger partial charge < -0.3 is 19.5 Å². The van der Waals surface area contributed by atoms with E-state index in [-0.39, 0.29) is 5.78 Å². The molecule has 3 aromatic carbocycles. The number of esters is 1. The number of ketones is 1. The second-order valence-corrected chi connectivity index (χ2v) is 9.82. The largest absolute Gasteiger partial charge is 0.493 e. The molecule has 0 aromatic heterocycles. The lowest BCUT2D eigenvalue weighted by molar-refractivity contribution is -0.136. The van der Waals surface area contributed by atoms with E-state index in [1.165, 1.54) is 7.11 Å². The van der Waals surface area contributed by atoms with Gasteiger partial charge in [0.2, 0.25) is 0 Å². The van der Waals surface area contributed by atoms with Gasteiger partial charge in [0.15, 0.2) is 17.3 Å². The van der Waals surface area contributed by atoms with E-state index in [0.29, 0.717) is 40.5 Å². The summed E-state index contributed by atoms with van der Waals surface area (Å²) in [6.07, 6.45) is 0. The van der Waals surface area contributed by atoms with E-state index in [9.17, 15) is 9.59 Å². The van der Waals surface area contributed by atoms with Gasteiger partial charge in [-0.2, -0.15) is 0 Å². The van der Waals surface area contributed by atoms with E-state index >= 15 is 0 Å². The second-order valence-electron chi connectivity index (χ2n) is 8.58. The lowest BCUT2D eigenvalue weighted by atomic mass is 9.79. The molecule has 1 aliphatic carbocycles. The first-order valence-electron chi connectivity index (χ1n) is 11.4. The molecule has 0 saturated heterocycles. The third-order valence-electron chi connectivity index (χ3n) is 6.48. The maximum absolute atomic E-state index is 13.6. The van der Waals surface area contributed by atoms with Crippen LogP contribution in [0.3, 0.4) is 0 Å². The number of halogens is 1. The Bertz CT molecular complexity index is 1440. The zero-order valence-electron chi connectivity index (χ0n) is 20.1. The Morgan fingerprint density at radius 2 is 1.69 bits per heavy atom. The number of allylic oxidation sites excluding steroid dienone is 2. The number of benzene rings is 3. The molecule has 36 heavy (non-hydrogen) atoms. The third-order valence-corrected chi connectivity index (χ3v) is 7.20. The summed E-state index contributed by atoms with van der Waals surface area (Å²) >= 11 is 2.27. The lowest BCUT2D eigenvalue weighted by Gasteiger charge is -2.29. The van der Waals surface area contributed by atoms with Gasteiger partial charge in [-0.3, -0.25) is 4.79 Å². The van der Waals surface area contributed by atoms with Crippen LogP contribution in [0.1, 0.15) is 39.9 Å². The minimum atomic E-state index is -0.618. The maximum atomic E-state index is 13.6. The Balaban J connectivity index is 1.56. The topological polar surface area (TPSA) is 73.9 Å². The molecule has 1 aliphatic heterocycles. The van der Waals surface area contributed by atoms with Crippen molar-refractivity contribution in [1.82, 2.24) is 5.32 Å². The van der Waals surface area contributed by atoms with Crippen molar-refractivity contribution in [3.63, 3.8) is 0 Å². The average molecular weight is 593 g/mol. The molecular formula is C29H24INO5. The quantitative estimate of drug-likeness (QED) is 0.296. The van der Waals surface area contributed by atoms with Crippen LogP contribution in [0.4, 0.5) is 0 Å². The number of methoxy groups -OCH3 is 2. The molecule has 3 aromatic rings. The average Bonchev–Trinajstić information content (AvgIpc) is 3.18. The van der Waals surface area contributed by atoms with Crippen molar-refractivity contribution < 1.29 is 23.8 Å². The normalized spacial score (nSPS) is 16.3. The zero-order chi connectivity index (χ0) is 25.4. The number of carbonyl (C=O) groups excluding carboxylic acids is 2. The predicted octanol–water partition coefficient (Wildman–Crippen LogP) is 5.62. The molecule has 0 spiro atoms. The number of hydrogen-bond acceptors (Lipinski definition) is 6. The molecule has 2 aliphatic rings. The fraction of sp³-hybridized carbons (Fsp3) is 0.172. The summed E-state index contributed by atoms with van der Waals surface area (Å²) in [4.78, 5) is 26.5. The smallest absolute Gasteiger partial charge is 0.336 e. The van der Waals surface area contributed by atoms with E-state index in [1.54, 1.807) is 7.11 Å². The van der Waals surface area contributed by atoms with E-state index in [4.69, 9.17) is 14.2 Å². The first-order chi connectivity index (χ1) is 17.4. The van der Waals surface area contributed by atoms with Gasteiger partial charge in [-0.05, 0) is 64.9 Å². The number of Topliss-reactive ketones (excluding diaryl/α,β-unsaturated/α-hetero) is 1. The number of rotatable bonds is 6. The molecule has 0 bridgehead atoms. The van der Waals surface area contributed by atoms with Crippen molar-refractivity contribution >= 4 is 40.0 Å². The van der Waals surface area contributed by atoms with Crippen LogP contribution in [0.25, 0.3) is 5.70 Å². The van der Waals surface area contributed by atoms with Gasteiger partial charge in [0.25, 0.3) is 0 Å². The zero-order valence-corrected chi connectivity index (χ0v) is 22.2.